The standard InChI is InChI=1S/C18H12Br2N4O2/c19-11-6-9(16(25)15(20)17(11)26)8-22-10-3-4-12-14(7-10)24-18(23-12)13-2-1-5-21-13/h1-8,21,25-26H,(H,23,24). The molecule has 0 amide bonds. The van der Waals surface area contributed by atoms with Crippen LogP contribution in [0, 0.1) is 0 Å². The monoisotopic (exact) mass is 474 g/mol. The number of aromatic amines is 2. The summed E-state index contributed by atoms with van der Waals surface area (Å²) in [5.74, 6) is 0.622. The Balaban J connectivity index is 1.68. The number of aromatic hydroxyl groups is 2. The number of phenols is 2. The van der Waals surface area contributed by atoms with E-state index < -0.39 is 0 Å². The summed E-state index contributed by atoms with van der Waals surface area (Å²) in [6.45, 7) is 0. The van der Waals surface area contributed by atoms with Crippen LogP contribution in [0.15, 0.2) is 56.5 Å². The smallest absolute Gasteiger partial charge is 0.154 e. The van der Waals surface area contributed by atoms with Gasteiger partial charge in [-0.2, -0.15) is 0 Å². The molecule has 4 rings (SSSR count). The fraction of sp³-hybridized carbons (Fsp3) is 0. The molecule has 0 saturated carbocycles. The van der Waals surface area contributed by atoms with Gasteiger partial charge in [0.15, 0.2) is 5.82 Å². The van der Waals surface area contributed by atoms with Crippen LogP contribution >= 0.6 is 31.9 Å². The molecular weight excluding hydrogens is 464 g/mol. The van der Waals surface area contributed by atoms with E-state index in [-0.39, 0.29) is 16.0 Å². The molecule has 0 bridgehead atoms. The Morgan fingerprint density at radius 1 is 1.08 bits per heavy atom. The van der Waals surface area contributed by atoms with Gasteiger partial charge in [0.2, 0.25) is 0 Å². The number of H-pyrrole nitrogens is 2. The van der Waals surface area contributed by atoms with Crippen molar-refractivity contribution >= 4 is 54.8 Å². The zero-order chi connectivity index (χ0) is 18.3. The van der Waals surface area contributed by atoms with Gasteiger partial charge >= 0.3 is 0 Å². The van der Waals surface area contributed by atoms with Gasteiger partial charge in [-0.1, -0.05) is 0 Å². The van der Waals surface area contributed by atoms with E-state index in [4.69, 9.17) is 0 Å². The molecule has 2 aromatic heterocycles. The van der Waals surface area contributed by atoms with E-state index in [0.29, 0.717) is 15.7 Å². The van der Waals surface area contributed by atoms with E-state index in [1.807, 2.05) is 36.5 Å². The fourth-order valence-electron chi connectivity index (χ4n) is 2.54. The van der Waals surface area contributed by atoms with Gasteiger partial charge in [0.1, 0.15) is 16.0 Å². The minimum Gasteiger partial charge on any atom is -0.506 e. The Kier molecular flexibility index (Phi) is 4.29. The molecule has 0 aliphatic heterocycles. The maximum absolute atomic E-state index is 10.1. The largest absolute Gasteiger partial charge is 0.506 e. The number of rotatable bonds is 3. The molecule has 0 atom stereocenters. The normalized spacial score (nSPS) is 11.6. The van der Waals surface area contributed by atoms with Crippen LogP contribution in [0.2, 0.25) is 0 Å². The lowest BCUT2D eigenvalue weighted by Gasteiger charge is -2.06. The highest BCUT2D eigenvalue weighted by atomic mass is 79.9. The first-order valence-corrected chi connectivity index (χ1v) is 9.19. The zero-order valence-corrected chi connectivity index (χ0v) is 16.3. The molecule has 2 heterocycles. The van der Waals surface area contributed by atoms with Crippen molar-refractivity contribution in [1.29, 1.82) is 0 Å². The van der Waals surface area contributed by atoms with E-state index in [2.05, 4.69) is 51.8 Å². The molecule has 4 aromatic rings. The summed E-state index contributed by atoms with van der Waals surface area (Å²) in [6, 6.07) is 11.1. The van der Waals surface area contributed by atoms with Crippen LogP contribution in [0.5, 0.6) is 11.5 Å². The van der Waals surface area contributed by atoms with Crippen molar-refractivity contribution in [2.75, 3.05) is 0 Å². The summed E-state index contributed by atoms with van der Waals surface area (Å²) in [6.07, 6.45) is 3.38. The summed E-state index contributed by atoms with van der Waals surface area (Å²) in [5, 5.41) is 19.9. The lowest BCUT2D eigenvalue weighted by molar-refractivity contribution is 0.442. The predicted octanol–water partition coefficient (Wildman–Crippen LogP) is 5.24. The SMILES string of the molecule is Oc1c(Br)cc(C=Nc2ccc3nc(-c4ccc[nH]4)[nH]c3c2)c(O)c1Br. The summed E-state index contributed by atoms with van der Waals surface area (Å²) in [5.41, 5.74) is 3.79. The van der Waals surface area contributed by atoms with Crippen LogP contribution in [-0.2, 0) is 0 Å². The van der Waals surface area contributed by atoms with Crippen molar-refractivity contribution in [3.8, 4) is 23.0 Å². The quantitative estimate of drug-likeness (QED) is 0.305. The van der Waals surface area contributed by atoms with Crippen molar-refractivity contribution in [2.24, 2.45) is 4.99 Å². The number of halogens is 2. The van der Waals surface area contributed by atoms with Crippen LogP contribution in [0.25, 0.3) is 22.6 Å². The molecular formula is C18H12Br2N4O2. The van der Waals surface area contributed by atoms with E-state index >= 15 is 0 Å². The number of aliphatic imine (C=N–C) groups is 1. The van der Waals surface area contributed by atoms with E-state index in [1.54, 1.807) is 6.07 Å². The summed E-state index contributed by atoms with van der Waals surface area (Å²) in [7, 11) is 0. The third-order valence-electron chi connectivity index (χ3n) is 3.87. The van der Waals surface area contributed by atoms with Crippen molar-refractivity contribution in [2.45, 2.75) is 0 Å². The molecule has 2 aromatic carbocycles. The highest BCUT2D eigenvalue weighted by Crippen LogP contribution is 2.40. The Morgan fingerprint density at radius 2 is 1.92 bits per heavy atom. The molecule has 0 saturated heterocycles. The molecule has 26 heavy (non-hydrogen) atoms. The minimum atomic E-state index is -0.0777. The van der Waals surface area contributed by atoms with E-state index in [1.165, 1.54) is 6.21 Å². The topological polar surface area (TPSA) is 97.3 Å². The average Bonchev–Trinajstić information content (AvgIpc) is 3.30. The summed E-state index contributed by atoms with van der Waals surface area (Å²) >= 11 is 6.40. The number of aromatic nitrogens is 3. The van der Waals surface area contributed by atoms with Crippen LogP contribution in [0.1, 0.15) is 5.56 Å². The number of fused-ring (bicyclic) bond motifs is 1. The number of hydrogen-bond acceptors (Lipinski definition) is 4. The molecule has 0 aliphatic carbocycles. The van der Waals surface area contributed by atoms with Gasteiger partial charge < -0.3 is 20.2 Å². The first-order valence-electron chi connectivity index (χ1n) is 7.60. The third-order valence-corrected chi connectivity index (χ3v) is 5.22. The molecule has 0 unspecified atom stereocenters. The second kappa shape index (κ2) is 6.62. The van der Waals surface area contributed by atoms with Crippen LogP contribution < -0.4 is 0 Å². The lowest BCUT2D eigenvalue weighted by Crippen LogP contribution is -1.85. The lowest BCUT2D eigenvalue weighted by atomic mass is 10.2. The molecule has 8 heteroatoms. The van der Waals surface area contributed by atoms with Gasteiger partial charge in [-0.3, -0.25) is 4.99 Å². The minimum absolute atomic E-state index is 0.0598. The van der Waals surface area contributed by atoms with Crippen LogP contribution in [0.3, 0.4) is 0 Å². The third kappa shape index (κ3) is 3.02. The van der Waals surface area contributed by atoms with Gasteiger partial charge in [-0.25, -0.2) is 4.98 Å². The molecule has 0 radical (unpaired) electrons. The maximum atomic E-state index is 10.1. The van der Waals surface area contributed by atoms with Crippen molar-refractivity contribution in [1.82, 2.24) is 15.0 Å². The number of nitrogens with one attached hydrogen (secondary N) is 2. The van der Waals surface area contributed by atoms with Crippen LogP contribution in [-0.4, -0.2) is 31.4 Å². The van der Waals surface area contributed by atoms with Gasteiger partial charge in [0.05, 0.1) is 26.9 Å². The predicted molar refractivity (Wildman–Crippen MR) is 108 cm³/mol. The van der Waals surface area contributed by atoms with Crippen LogP contribution in [0.4, 0.5) is 5.69 Å². The molecule has 6 nitrogen and oxygen atoms in total. The number of imidazole rings is 1. The van der Waals surface area contributed by atoms with Crippen molar-refractivity contribution in [3.05, 3.63) is 57.1 Å². The molecule has 0 fully saturated rings. The molecule has 0 aliphatic rings. The summed E-state index contributed by atoms with van der Waals surface area (Å²) in [4.78, 5) is 15.3. The number of benzene rings is 2. The average molecular weight is 476 g/mol. The van der Waals surface area contributed by atoms with Crippen molar-refractivity contribution in [3.63, 3.8) is 0 Å². The Bertz CT molecular complexity index is 1130. The maximum Gasteiger partial charge on any atom is 0.154 e. The highest BCUT2D eigenvalue weighted by Gasteiger charge is 2.13. The number of nitrogens with zero attached hydrogens (tertiary/aromatic N) is 2. The number of hydrogen-bond donors (Lipinski definition) is 4. The van der Waals surface area contributed by atoms with E-state index in [0.717, 1.165) is 22.6 Å². The fourth-order valence-corrected chi connectivity index (χ4v) is 3.70. The first kappa shape index (κ1) is 16.9. The zero-order valence-electron chi connectivity index (χ0n) is 13.2. The Morgan fingerprint density at radius 3 is 2.69 bits per heavy atom. The molecule has 4 N–H and O–H groups in total. The van der Waals surface area contributed by atoms with Crippen molar-refractivity contribution < 1.29 is 10.2 Å². The Labute approximate surface area is 164 Å². The summed E-state index contributed by atoms with van der Waals surface area (Å²) < 4.78 is 0.677. The van der Waals surface area contributed by atoms with Gasteiger partial charge in [0, 0.05) is 18.0 Å². The molecule has 130 valence electrons. The van der Waals surface area contributed by atoms with Gasteiger partial charge in [-0.15, -0.1) is 0 Å². The second-order valence-corrected chi connectivity index (χ2v) is 7.24. The number of phenolic OH excluding ortho intramolecular Hbond substituents is 2. The Hall–Kier alpha value is -2.58. The molecule has 0 spiro atoms. The first-order chi connectivity index (χ1) is 12.5. The van der Waals surface area contributed by atoms with Gasteiger partial charge in [0.25, 0.3) is 0 Å². The second-order valence-electron chi connectivity index (χ2n) is 5.59. The van der Waals surface area contributed by atoms with Gasteiger partial charge in [-0.05, 0) is 68.3 Å². The van der Waals surface area contributed by atoms with E-state index in [9.17, 15) is 10.2 Å². The highest BCUT2D eigenvalue weighted by molar-refractivity contribution is 9.11.